The Labute approximate surface area is 268 Å². The van der Waals surface area contributed by atoms with Crippen molar-refractivity contribution in [3.8, 4) is 0 Å². The van der Waals surface area contributed by atoms with Crippen molar-refractivity contribution < 1.29 is 23.0 Å². The van der Waals surface area contributed by atoms with Crippen LogP contribution in [0.2, 0.25) is 0 Å². The van der Waals surface area contributed by atoms with Crippen LogP contribution in [0.3, 0.4) is 0 Å². The van der Waals surface area contributed by atoms with E-state index in [1.54, 1.807) is 60.3 Å². The Morgan fingerprint density at radius 3 is 2.11 bits per heavy atom. The van der Waals surface area contributed by atoms with Crippen molar-refractivity contribution in [2.75, 3.05) is 16.2 Å². The molecule has 0 aromatic heterocycles. The molecule has 1 fully saturated rings. The first kappa shape index (κ1) is 30.9. The molecule has 5 aromatic rings. The van der Waals surface area contributed by atoms with Gasteiger partial charge in [0.15, 0.2) is 6.29 Å². The molecule has 4 atom stereocenters. The Morgan fingerprint density at radius 1 is 0.733 bits per heavy atom. The predicted molar refractivity (Wildman–Crippen MR) is 178 cm³/mol. The summed E-state index contributed by atoms with van der Waals surface area (Å²) in [6, 6.07) is 41.1. The minimum absolute atomic E-state index is 0.0525. The number of aliphatic hydroxyl groups is 1. The van der Waals surface area contributed by atoms with Crippen LogP contribution in [0.1, 0.15) is 40.6 Å². The first-order valence-electron chi connectivity index (χ1n) is 14.6. The molecular weight excluding hydrogens is 605 g/mol. The maximum absolute atomic E-state index is 13.1. The van der Waals surface area contributed by atoms with Gasteiger partial charge in [0, 0.05) is 33.5 Å². The van der Waals surface area contributed by atoms with Gasteiger partial charge >= 0.3 is 0 Å². The van der Waals surface area contributed by atoms with Gasteiger partial charge in [0.2, 0.25) is 0 Å². The second-order valence-corrected chi connectivity index (χ2v) is 13.5. The molecule has 0 saturated carbocycles. The maximum atomic E-state index is 13.1. The molecule has 0 spiro atoms. The fourth-order valence-electron chi connectivity index (χ4n) is 5.50. The standard InChI is InChI=1S/C36H34N2O5S2/c37-31-16-7-8-17-33(31)44-24-32-34(26-10-3-1-4-11-26)35(27-20-18-25(23-39)19-21-27)43-36(42-32)28-12-9-13-29(22-28)38-45(40,41)30-14-5-2-6-15-30/h1-22,32,34-36,38-39H,23-24,37H2. The van der Waals surface area contributed by atoms with Gasteiger partial charge in [-0.15, -0.1) is 11.8 Å². The number of nitrogens with two attached hydrogens (primary N) is 1. The van der Waals surface area contributed by atoms with Crippen LogP contribution in [0, 0.1) is 0 Å². The van der Waals surface area contributed by atoms with E-state index in [0.717, 1.165) is 21.6 Å². The van der Waals surface area contributed by atoms with Crippen molar-refractivity contribution >= 4 is 33.2 Å². The summed E-state index contributed by atoms with van der Waals surface area (Å²) in [7, 11) is -3.79. The second-order valence-electron chi connectivity index (χ2n) is 10.8. The quantitative estimate of drug-likeness (QED) is 0.109. The average molecular weight is 639 g/mol. The molecule has 0 bridgehead atoms. The van der Waals surface area contributed by atoms with Crippen LogP contribution in [0.4, 0.5) is 11.4 Å². The molecule has 1 heterocycles. The van der Waals surface area contributed by atoms with E-state index in [-0.39, 0.29) is 23.5 Å². The summed E-state index contributed by atoms with van der Waals surface area (Å²) in [5.74, 6) is 0.429. The van der Waals surface area contributed by atoms with Crippen molar-refractivity contribution in [1.29, 1.82) is 0 Å². The molecule has 7 nitrogen and oxygen atoms in total. The van der Waals surface area contributed by atoms with Gasteiger partial charge in [0.05, 0.1) is 23.7 Å². The third-order valence-electron chi connectivity index (χ3n) is 7.76. The van der Waals surface area contributed by atoms with E-state index in [9.17, 15) is 13.5 Å². The predicted octanol–water partition coefficient (Wildman–Crippen LogP) is 7.29. The number of hydrogen-bond donors (Lipinski definition) is 3. The van der Waals surface area contributed by atoms with Crippen LogP contribution >= 0.6 is 11.8 Å². The zero-order valence-electron chi connectivity index (χ0n) is 24.4. The molecule has 0 aliphatic carbocycles. The Bertz CT molecular complexity index is 1820. The molecule has 1 aliphatic heterocycles. The lowest BCUT2D eigenvalue weighted by atomic mass is 9.84. The summed E-state index contributed by atoms with van der Waals surface area (Å²) < 4.78 is 42.4. The third kappa shape index (κ3) is 7.24. The number of nitrogens with one attached hydrogen (secondary N) is 1. The monoisotopic (exact) mass is 638 g/mol. The minimum Gasteiger partial charge on any atom is -0.398 e. The van der Waals surface area contributed by atoms with Crippen LogP contribution < -0.4 is 10.5 Å². The summed E-state index contributed by atoms with van der Waals surface area (Å²) in [6.45, 7) is -0.0525. The number of benzene rings is 5. The minimum atomic E-state index is -3.79. The van der Waals surface area contributed by atoms with Gasteiger partial charge in [-0.1, -0.05) is 97.1 Å². The van der Waals surface area contributed by atoms with E-state index in [0.29, 0.717) is 22.7 Å². The van der Waals surface area contributed by atoms with Crippen molar-refractivity contribution in [3.05, 3.63) is 156 Å². The van der Waals surface area contributed by atoms with Crippen LogP contribution in [0.25, 0.3) is 0 Å². The molecule has 1 aliphatic rings. The molecule has 1 saturated heterocycles. The highest BCUT2D eigenvalue weighted by molar-refractivity contribution is 7.99. The molecule has 0 amide bonds. The van der Waals surface area contributed by atoms with Gasteiger partial charge in [-0.3, -0.25) is 4.72 Å². The number of hydrogen-bond acceptors (Lipinski definition) is 7. The highest BCUT2D eigenvalue weighted by atomic mass is 32.2. The van der Waals surface area contributed by atoms with Crippen LogP contribution in [-0.4, -0.2) is 25.4 Å². The third-order valence-corrected chi connectivity index (χ3v) is 10.3. The van der Waals surface area contributed by atoms with Crippen molar-refractivity contribution in [3.63, 3.8) is 0 Å². The Hall–Kier alpha value is -4.12. The Morgan fingerprint density at radius 2 is 1.40 bits per heavy atom. The maximum Gasteiger partial charge on any atom is 0.261 e. The van der Waals surface area contributed by atoms with Crippen molar-refractivity contribution in [2.24, 2.45) is 0 Å². The van der Waals surface area contributed by atoms with E-state index >= 15 is 0 Å². The van der Waals surface area contributed by atoms with Crippen LogP contribution in [0.15, 0.2) is 143 Å². The van der Waals surface area contributed by atoms with E-state index in [2.05, 4.69) is 16.9 Å². The van der Waals surface area contributed by atoms with E-state index < -0.39 is 22.4 Å². The lowest BCUT2D eigenvalue weighted by molar-refractivity contribution is -0.255. The Balaban J connectivity index is 1.36. The van der Waals surface area contributed by atoms with E-state index in [4.69, 9.17) is 15.2 Å². The number of nitrogen functional groups attached to an aromatic ring is 1. The van der Waals surface area contributed by atoms with Gasteiger partial charge in [0.1, 0.15) is 0 Å². The first-order chi connectivity index (χ1) is 21.9. The molecule has 5 aromatic carbocycles. The SMILES string of the molecule is Nc1ccccc1SCC1OC(c2cccc(NS(=O)(=O)c3ccccc3)c2)OC(c2ccc(CO)cc2)C1c1ccccc1. The summed E-state index contributed by atoms with van der Waals surface area (Å²) in [5, 5.41) is 9.67. The molecule has 0 radical (unpaired) electrons. The zero-order chi connectivity index (χ0) is 31.2. The van der Waals surface area contributed by atoms with Crippen molar-refractivity contribution in [1.82, 2.24) is 0 Å². The summed E-state index contributed by atoms with van der Waals surface area (Å²) in [4.78, 5) is 1.15. The molecular formula is C36H34N2O5S2. The van der Waals surface area contributed by atoms with Gasteiger partial charge in [-0.05, 0) is 53.1 Å². The second kappa shape index (κ2) is 13.9. The highest BCUT2D eigenvalue weighted by Crippen LogP contribution is 2.48. The number of sulfonamides is 1. The zero-order valence-corrected chi connectivity index (χ0v) is 26.0. The molecule has 230 valence electrons. The topological polar surface area (TPSA) is 111 Å². The number of ether oxygens (including phenoxy) is 2. The lowest BCUT2D eigenvalue weighted by Gasteiger charge is -2.43. The number of anilines is 2. The van der Waals surface area contributed by atoms with Crippen molar-refractivity contribution in [2.45, 2.75) is 40.8 Å². The summed E-state index contributed by atoms with van der Waals surface area (Å²) in [6.07, 6.45) is -1.49. The van der Waals surface area contributed by atoms with Gasteiger partial charge < -0.3 is 20.3 Å². The summed E-state index contributed by atoms with van der Waals surface area (Å²) >= 11 is 1.63. The molecule has 9 heteroatoms. The van der Waals surface area contributed by atoms with Gasteiger partial charge in [-0.25, -0.2) is 8.42 Å². The number of para-hydroxylation sites is 1. The number of thioether (sulfide) groups is 1. The van der Waals surface area contributed by atoms with Gasteiger partial charge in [0.25, 0.3) is 10.0 Å². The molecule has 6 rings (SSSR count). The summed E-state index contributed by atoms with van der Waals surface area (Å²) in [5.41, 5.74) is 10.9. The van der Waals surface area contributed by atoms with Gasteiger partial charge in [-0.2, -0.15) is 0 Å². The van der Waals surface area contributed by atoms with E-state index in [1.165, 1.54) is 0 Å². The largest absolute Gasteiger partial charge is 0.398 e. The fourth-order valence-corrected chi connectivity index (χ4v) is 7.61. The Kier molecular flexibility index (Phi) is 9.53. The number of aliphatic hydroxyl groups excluding tert-OH is 1. The first-order valence-corrected chi connectivity index (χ1v) is 17.1. The van der Waals surface area contributed by atoms with Crippen LogP contribution in [-0.2, 0) is 26.1 Å². The van der Waals surface area contributed by atoms with Crippen LogP contribution in [0.5, 0.6) is 0 Å². The molecule has 4 unspecified atom stereocenters. The normalized spacial score (nSPS) is 20.0. The average Bonchev–Trinajstić information content (AvgIpc) is 3.08. The van der Waals surface area contributed by atoms with E-state index in [1.807, 2.05) is 72.8 Å². The highest BCUT2D eigenvalue weighted by Gasteiger charge is 2.42. The number of rotatable bonds is 10. The lowest BCUT2D eigenvalue weighted by Crippen LogP contribution is -2.38. The fraction of sp³-hybridized carbons (Fsp3) is 0.167. The smallest absolute Gasteiger partial charge is 0.261 e. The molecule has 4 N–H and O–H groups in total. The molecule has 45 heavy (non-hydrogen) atoms.